The van der Waals surface area contributed by atoms with Crippen LogP contribution in [0.4, 0.5) is 0 Å². The minimum atomic E-state index is 0.134. The van der Waals surface area contributed by atoms with E-state index in [2.05, 4.69) is 13.0 Å². The molecule has 1 amide bonds. The Kier molecular flexibility index (Phi) is 4.25. The lowest BCUT2D eigenvalue weighted by atomic mass is 9.94. The molecule has 0 aromatic heterocycles. The van der Waals surface area contributed by atoms with E-state index in [1.807, 2.05) is 30.9 Å². The van der Waals surface area contributed by atoms with Gasteiger partial charge in [-0.2, -0.15) is 0 Å². The topological polar surface area (TPSA) is 46.3 Å². The quantitative estimate of drug-likeness (QED) is 0.888. The van der Waals surface area contributed by atoms with Gasteiger partial charge in [0.15, 0.2) is 0 Å². The van der Waals surface area contributed by atoms with Crippen molar-refractivity contribution in [2.24, 2.45) is 5.73 Å². The number of likely N-dealkylation sites (tertiary alicyclic amines) is 1. The zero-order valence-corrected chi connectivity index (χ0v) is 12.1. The fourth-order valence-electron chi connectivity index (χ4n) is 3.13. The van der Waals surface area contributed by atoms with Gasteiger partial charge in [-0.25, -0.2) is 0 Å². The van der Waals surface area contributed by atoms with E-state index >= 15 is 0 Å². The monoisotopic (exact) mass is 260 g/mol. The van der Waals surface area contributed by atoms with Crippen molar-refractivity contribution in [3.63, 3.8) is 0 Å². The summed E-state index contributed by atoms with van der Waals surface area (Å²) < 4.78 is 0. The first-order valence-electron chi connectivity index (χ1n) is 7.14. The van der Waals surface area contributed by atoms with Crippen LogP contribution in [0.15, 0.2) is 18.2 Å². The van der Waals surface area contributed by atoms with Gasteiger partial charge in [0.2, 0.25) is 0 Å². The number of amides is 1. The highest BCUT2D eigenvalue weighted by Gasteiger charge is 2.31. The number of aryl methyl sites for hydroxylation is 2. The van der Waals surface area contributed by atoms with Gasteiger partial charge in [0.05, 0.1) is 0 Å². The number of carbonyl (C=O) groups is 1. The van der Waals surface area contributed by atoms with Gasteiger partial charge in [-0.15, -0.1) is 0 Å². The third-order valence-electron chi connectivity index (χ3n) is 4.00. The molecule has 0 spiro atoms. The van der Waals surface area contributed by atoms with Crippen molar-refractivity contribution in [1.29, 1.82) is 0 Å². The maximum atomic E-state index is 12.8. The maximum absolute atomic E-state index is 12.8. The Morgan fingerprint density at radius 2 is 1.89 bits per heavy atom. The molecule has 3 heteroatoms. The van der Waals surface area contributed by atoms with Gasteiger partial charge in [0.25, 0.3) is 5.91 Å². The summed E-state index contributed by atoms with van der Waals surface area (Å²) in [7, 11) is 0. The number of nitrogens with zero attached hydrogens (tertiary/aromatic N) is 1. The van der Waals surface area contributed by atoms with Crippen LogP contribution in [-0.2, 0) is 0 Å². The summed E-state index contributed by atoms with van der Waals surface area (Å²) in [6, 6.07) is 6.53. The number of piperidine rings is 1. The molecule has 2 N–H and O–H groups in total. The molecule has 3 nitrogen and oxygen atoms in total. The molecular formula is C16H24N2O. The molecule has 1 fully saturated rings. The maximum Gasteiger partial charge on any atom is 0.254 e. The molecule has 1 aliphatic rings. The molecule has 104 valence electrons. The van der Waals surface area contributed by atoms with Crippen LogP contribution in [0.25, 0.3) is 0 Å². The van der Waals surface area contributed by atoms with E-state index in [-0.39, 0.29) is 18.0 Å². The van der Waals surface area contributed by atoms with Crippen molar-refractivity contribution >= 4 is 5.91 Å². The van der Waals surface area contributed by atoms with Crippen LogP contribution in [0.1, 0.15) is 47.7 Å². The van der Waals surface area contributed by atoms with Crippen LogP contribution in [0, 0.1) is 13.8 Å². The molecule has 1 saturated heterocycles. The predicted molar refractivity (Wildman–Crippen MR) is 78.2 cm³/mol. The van der Waals surface area contributed by atoms with E-state index in [1.165, 1.54) is 6.42 Å². The molecule has 1 heterocycles. The van der Waals surface area contributed by atoms with Crippen LogP contribution < -0.4 is 5.73 Å². The first-order chi connectivity index (χ1) is 9.02. The van der Waals surface area contributed by atoms with E-state index in [0.29, 0.717) is 6.54 Å². The van der Waals surface area contributed by atoms with Crippen molar-refractivity contribution in [1.82, 2.24) is 4.90 Å². The highest BCUT2D eigenvalue weighted by atomic mass is 16.2. The van der Waals surface area contributed by atoms with Gasteiger partial charge < -0.3 is 10.6 Å². The summed E-state index contributed by atoms with van der Waals surface area (Å²) >= 11 is 0. The summed E-state index contributed by atoms with van der Waals surface area (Å²) in [4.78, 5) is 14.8. The SMILES string of the molecule is Cc1cc(C)cc(C(=O)N2C(C)CCCC2CN)c1. The van der Waals surface area contributed by atoms with Crippen LogP contribution in [0.3, 0.4) is 0 Å². The molecule has 1 aromatic carbocycles. The van der Waals surface area contributed by atoms with Crippen LogP contribution in [-0.4, -0.2) is 29.4 Å². The fraction of sp³-hybridized carbons (Fsp3) is 0.562. The van der Waals surface area contributed by atoms with Crippen LogP contribution in [0.5, 0.6) is 0 Å². The second-order valence-corrected chi connectivity index (χ2v) is 5.76. The Bertz CT molecular complexity index is 450. The van der Waals surface area contributed by atoms with Gasteiger partial charge >= 0.3 is 0 Å². The summed E-state index contributed by atoms with van der Waals surface area (Å²) in [5.74, 6) is 0.134. The molecule has 19 heavy (non-hydrogen) atoms. The Morgan fingerprint density at radius 3 is 2.47 bits per heavy atom. The van der Waals surface area contributed by atoms with Crippen LogP contribution >= 0.6 is 0 Å². The molecule has 2 atom stereocenters. The summed E-state index contributed by atoms with van der Waals surface area (Å²) in [6.45, 7) is 6.75. The number of hydrogen-bond donors (Lipinski definition) is 1. The minimum absolute atomic E-state index is 0.134. The first kappa shape index (κ1) is 14.1. The molecule has 1 aromatic rings. The third-order valence-corrected chi connectivity index (χ3v) is 4.00. The lowest BCUT2D eigenvalue weighted by Gasteiger charge is -2.40. The zero-order chi connectivity index (χ0) is 14.0. The zero-order valence-electron chi connectivity index (χ0n) is 12.1. The van der Waals surface area contributed by atoms with Gasteiger partial charge in [0, 0.05) is 24.2 Å². The predicted octanol–water partition coefficient (Wildman–Crippen LogP) is 2.65. The molecule has 0 aliphatic carbocycles. The number of benzene rings is 1. The molecule has 2 unspecified atom stereocenters. The third kappa shape index (κ3) is 2.98. The number of carbonyl (C=O) groups excluding carboxylic acids is 1. The summed E-state index contributed by atoms with van der Waals surface area (Å²) in [5, 5.41) is 0. The van der Waals surface area contributed by atoms with Crippen molar-refractivity contribution < 1.29 is 4.79 Å². The Hall–Kier alpha value is -1.35. The van der Waals surface area contributed by atoms with E-state index in [9.17, 15) is 4.79 Å². The van der Waals surface area contributed by atoms with Crippen LogP contribution in [0.2, 0.25) is 0 Å². The lowest BCUT2D eigenvalue weighted by Crippen LogP contribution is -2.51. The Morgan fingerprint density at radius 1 is 1.26 bits per heavy atom. The molecular weight excluding hydrogens is 236 g/mol. The molecule has 1 aliphatic heterocycles. The highest BCUT2D eigenvalue weighted by molar-refractivity contribution is 5.95. The number of nitrogens with two attached hydrogens (primary N) is 1. The summed E-state index contributed by atoms with van der Waals surface area (Å²) in [5.41, 5.74) is 8.91. The second-order valence-electron chi connectivity index (χ2n) is 5.76. The highest BCUT2D eigenvalue weighted by Crippen LogP contribution is 2.25. The van der Waals surface area contributed by atoms with E-state index in [1.54, 1.807) is 0 Å². The van der Waals surface area contributed by atoms with Crippen molar-refractivity contribution in [3.8, 4) is 0 Å². The van der Waals surface area contributed by atoms with Crippen molar-refractivity contribution in [2.45, 2.75) is 52.1 Å². The van der Waals surface area contributed by atoms with Crippen molar-refractivity contribution in [2.75, 3.05) is 6.54 Å². The van der Waals surface area contributed by atoms with Crippen molar-refractivity contribution in [3.05, 3.63) is 34.9 Å². The summed E-state index contributed by atoms with van der Waals surface area (Å²) in [6.07, 6.45) is 3.27. The Labute approximate surface area is 115 Å². The van der Waals surface area contributed by atoms with E-state index in [0.717, 1.165) is 29.5 Å². The molecule has 0 saturated carbocycles. The standard InChI is InChI=1S/C16H24N2O/c1-11-7-12(2)9-14(8-11)16(19)18-13(3)5-4-6-15(18)10-17/h7-9,13,15H,4-6,10,17H2,1-3H3. The average Bonchev–Trinajstić information content (AvgIpc) is 2.36. The van der Waals surface area contributed by atoms with E-state index < -0.39 is 0 Å². The molecule has 0 radical (unpaired) electrons. The minimum Gasteiger partial charge on any atom is -0.332 e. The van der Waals surface area contributed by atoms with Gasteiger partial charge in [-0.1, -0.05) is 17.2 Å². The average molecular weight is 260 g/mol. The molecule has 0 bridgehead atoms. The normalized spacial score (nSPS) is 23.5. The second kappa shape index (κ2) is 5.74. The largest absolute Gasteiger partial charge is 0.332 e. The Balaban J connectivity index is 2.30. The number of rotatable bonds is 2. The number of hydrogen-bond acceptors (Lipinski definition) is 2. The smallest absolute Gasteiger partial charge is 0.254 e. The van der Waals surface area contributed by atoms with E-state index in [4.69, 9.17) is 5.73 Å². The lowest BCUT2D eigenvalue weighted by molar-refractivity contribution is 0.0494. The molecule has 2 rings (SSSR count). The first-order valence-corrected chi connectivity index (χ1v) is 7.14. The van der Waals surface area contributed by atoms with Gasteiger partial charge in [-0.05, 0) is 52.2 Å². The fourth-order valence-corrected chi connectivity index (χ4v) is 3.13. The van der Waals surface area contributed by atoms with Gasteiger partial charge in [-0.3, -0.25) is 4.79 Å². The van der Waals surface area contributed by atoms with Gasteiger partial charge in [0.1, 0.15) is 0 Å².